The molecule has 2 aromatic heterocycles. The van der Waals surface area contributed by atoms with E-state index in [9.17, 15) is 0 Å². The van der Waals surface area contributed by atoms with Gasteiger partial charge in [0.25, 0.3) is 0 Å². The van der Waals surface area contributed by atoms with Gasteiger partial charge in [0.2, 0.25) is 0 Å². The zero-order valence-corrected chi connectivity index (χ0v) is 13.1. The molecule has 0 saturated carbocycles. The van der Waals surface area contributed by atoms with Crippen LogP contribution >= 0.6 is 27.3 Å². The molecule has 1 unspecified atom stereocenters. The molecular formula is C14H18BrNOS. The van der Waals surface area contributed by atoms with Crippen molar-refractivity contribution in [1.29, 1.82) is 0 Å². The molecule has 0 fully saturated rings. The third kappa shape index (κ3) is 3.25. The Morgan fingerprint density at radius 1 is 1.33 bits per heavy atom. The van der Waals surface area contributed by atoms with Crippen LogP contribution in [0.5, 0.6) is 0 Å². The molecule has 4 heteroatoms. The van der Waals surface area contributed by atoms with Crippen LogP contribution in [0.3, 0.4) is 0 Å². The third-order valence-electron chi connectivity index (χ3n) is 2.91. The first-order chi connectivity index (χ1) is 8.74. The maximum Gasteiger partial charge on any atom is 0.121 e. The summed E-state index contributed by atoms with van der Waals surface area (Å²) in [4.78, 5) is 1.36. The van der Waals surface area contributed by atoms with Gasteiger partial charge in [0.05, 0.1) is 6.04 Å². The number of furan rings is 1. The average molecular weight is 328 g/mol. The monoisotopic (exact) mass is 327 g/mol. The molecule has 1 atom stereocenters. The number of hydrogen-bond acceptors (Lipinski definition) is 3. The topological polar surface area (TPSA) is 25.2 Å². The first-order valence-corrected chi connectivity index (χ1v) is 7.95. The van der Waals surface area contributed by atoms with Crippen LogP contribution < -0.4 is 5.32 Å². The zero-order valence-electron chi connectivity index (χ0n) is 10.7. The Bertz CT molecular complexity index is 491. The normalized spacial score (nSPS) is 12.8. The molecule has 0 aromatic carbocycles. The van der Waals surface area contributed by atoms with E-state index in [1.807, 2.05) is 0 Å². The average Bonchev–Trinajstić information content (AvgIpc) is 2.98. The molecule has 2 heterocycles. The first kappa shape index (κ1) is 13.8. The standard InChI is InChI=1S/C14H18BrNOS/c1-3-10-5-6-13(17-10)12(16-4-2)9-14-11(15)7-8-18-14/h5-8,12,16H,3-4,9H2,1-2H3. The van der Waals surface area contributed by atoms with Gasteiger partial charge in [-0.25, -0.2) is 0 Å². The molecule has 0 radical (unpaired) electrons. The van der Waals surface area contributed by atoms with Crippen molar-refractivity contribution in [2.24, 2.45) is 0 Å². The second-order valence-corrected chi connectivity index (χ2v) is 6.02. The van der Waals surface area contributed by atoms with E-state index >= 15 is 0 Å². The highest BCUT2D eigenvalue weighted by Gasteiger charge is 2.17. The van der Waals surface area contributed by atoms with E-state index < -0.39 is 0 Å². The summed E-state index contributed by atoms with van der Waals surface area (Å²) in [5, 5.41) is 5.61. The molecular weight excluding hydrogens is 310 g/mol. The smallest absolute Gasteiger partial charge is 0.121 e. The molecule has 0 aliphatic heterocycles. The lowest BCUT2D eigenvalue weighted by Crippen LogP contribution is -2.22. The number of aryl methyl sites for hydroxylation is 1. The lowest BCUT2D eigenvalue weighted by molar-refractivity contribution is 0.397. The molecule has 2 aromatic rings. The van der Waals surface area contributed by atoms with Crippen molar-refractivity contribution >= 4 is 27.3 Å². The Kier molecular flexibility index (Phi) is 5.03. The molecule has 0 spiro atoms. The van der Waals surface area contributed by atoms with Crippen LogP contribution in [0.25, 0.3) is 0 Å². The van der Waals surface area contributed by atoms with Crippen molar-refractivity contribution in [3.05, 3.63) is 44.4 Å². The zero-order chi connectivity index (χ0) is 13.0. The lowest BCUT2D eigenvalue weighted by Gasteiger charge is -2.15. The van der Waals surface area contributed by atoms with E-state index in [2.05, 4.69) is 58.7 Å². The summed E-state index contributed by atoms with van der Waals surface area (Å²) >= 11 is 5.37. The Labute approximate surface area is 121 Å². The van der Waals surface area contributed by atoms with E-state index in [1.54, 1.807) is 11.3 Å². The Balaban J connectivity index is 2.15. The van der Waals surface area contributed by atoms with Gasteiger partial charge >= 0.3 is 0 Å². The fourth-order valence-electron chi connectivity index (χ4n) is 1.95. The van der Waals surface area contributed by atoms with Crippen molar-refractivity contribution in [2.45, 2.75) is 32.7 Å². The molecule has 18 heavy (non-hydrogen) atoms. The molecule has 1 N–H and O–H groups in total. The predicted molar refractivity (Wildman–Crippen MR) is 80.2 cm³/mol. The van der Waals surface area contributed by atoms with Crippen molar-refractivity contribution < 1.29 is 4.42 Å². The maximum atomic E-state index is 5.86. The van der Waals surface area contributed by atoms with Gasteiger partial charge in [-0.1, -0.05) is 13.8 Å². The Morgan fingerprint density at radius 2 is 2.17 bits per heavy atom. The predicted octanol–water partition coefficient (Wildman–Crippen LogP) is 4.56. The van der Waals surface area contributed by atoms with Gasteiger partial charge < -0.3 is 9.73 Å². The lowest BCUT2D eigenvalue weighted by atomic mass is 10.1. The number of halogens is 1. The summed E-state index contributed by atoms with van der Waals surface area (Å²) in [6.07, 6.45) is 1.91. The van der Waals surface area contributed by atoms with E-state index in [-0.39, 0.29) is 6.04 Å². The molecule has 2 nitrogen and oxygen atoms in total. The van der Waals surface area contributed by atoms with Crippen LogP contribution in [0.2, 0.25) is 0 Å². The van der Waals surface area contributed by atoms with Crippen molar-refractivity contribution in [3.8, 4) is 0 Å². The van der Waals surface area contributed by atoms with Crippen LogP contribution in [0.4, 0.5) is 0 Å². The number of likely N-dealkylation sites (N-methyl/N-ethyl adjacent to an activating group) is 1. The second kappa shape index (κ2) is 6.55. The number of hydrogen-bond donors (Lipinski definition) is 1. The van der Waals surface area contributed by atoms with Crippen LogP contribution in [-0.2, 0) is 12.8 Å². The Morgan fingerprint density at radius 3 is 2.72 bits per heavy atom. The summed E-state index contributed by atoms with van der Waals surface area (Å²) in [7, 11) is 0. The van der Waals surface area contributed by atoms with Crippen molar-refractivity contribution in [2.75, 3.05) is 6.54 Å². The van der Waals surface area contributed by atoms with E-state index in [0.29, 0.717) is 0 Å². The number of rotatable bonds is 6. The summed E-state index contributed by atoms with van der Waals surface area (Å²) in [5.74, 6) is 2.09. The summed E-state index contributed by atoms with van der Waals surface area (Å²) in [6.45, 7) is 5.18. The largest absolute Gasteiger partial charge is 0.464 e. The van der Waals surface area contributed by atoms with Crippen molar-refractivity contribution in [1.82, 2.24) is 5.32 Å². The molecule has 2 rings (SSSR count). The van der Waals surface area contributed by atoms with Crippen molar-refractivity contribution in [3.63, 3.8) is 0 Å². The molecule has 0 aliphatic rings. The summed E-state index contributed by atoms with van der Waals surface area (Å²) in [5.41, 5.74) is 0. The highest BCUT2D eigenvalue weighted by Crippen LogP contribution is 2.29. The number of thiophene rings is 1. The minimum absolute atomic E-state index is 0.255. The minimum atomic E-state index is 0.255. The van der Waals surface area contributed by atoms with Crippen LogP contribution in [0, 0.1) is 0 Å². The fourth-order valence-corrected chi connectivity index (χ4v) is 3.51. The van der Waals surface area contributed by atoms with E-state index in [0.717, 1.165) is 30.9 Å². The molecule has 0 bridgehead atoms. The minimum Gasteiger partial charge on any atom is -0.464 e. The quantitative estimate of drug-likeness (QED) is 0.841. The molecule has 0 aliphatic carbocycles. The fraction of sp³-hybridized carbons (Fsp3) is 0.429. The molecule has 0 amide bonds. The van der Waals surface area contributed by atoms with Gasteiger partial charge in [0, 0.05) is 22.2 Å². The number of nitrogens with one attached hydrogen (secondary N) is 1. The van der Waals surface area contributed by atoms with Crippen LogP contribution in [0.1, 0.15) is 36.3 Å². The van der Waals surface area contributed by atoms with Crippen LogP contribution in [-0.4, -0.2) is 6.54 Å². The van der Waals surface area contributed by atoms with Crippen LogP contribution in [0.15, 0.2) is 32.5 Å². The molecule has 0 saturated heterocycles. The molecule has 98 valence electrons. The second-order valence-electron chi connectivity index (χ2n) is 4.16. The first-order valence-electron chi connectivity index (χ1n) is 6.28. The van der Waals surface area contributed by atoms with Gasteiger partial charge in [-0.05, 0) is 46.1 Å². The van der Waals surface area contributed by atoms with Gasteiger partial charge in [0.15, 0.2) is 0 Å². The SMILES string of the molecule is CCNC(Cc1sccc1Br)c1ccc(CC)o1. The van der Waals surface area contributed by atoms with Gasteiger partial charge in [-0.2, -0.15) is 0 Å². The van der Waals surface area contributed by atoms with Gasteiger partial charge in [-0.3, -0.25) is 0 Å². The maximum absolute atomic E-state index is 5.86. The van der Waals surface area contributed by atoms with E-state index in [1.165, 1.54) is 9.35 Å². The summed E-state index contributed by atoms with van der Waals surface area (Å²) < 4.78 is 7.06. The summed E-state index contributed by atoms with van der Waals surface area (Å²) in [6, 6.07) is 6.52. The highest BCUT2D eigenvalue weighted by molar-refractivity contribution is 9.10. The van der Waals surface area contributed by atoms with Gasteiger partial charge in [-0.15, -0.1) is 11.3 Å². The van der Waals surface area contributed by atoms with Gasteiger partial charge in [0.1, 0.15) is 11.5 Å². The highest BCUT2D eigenvalue weighted by atomic mass is 79.9. The third-order valence-corrected chi connectivity index (χ3v) is 4.85. The Hall–Kier alpha value is -0.580. The van der Waals surface area contributed by atoms with E-state index in [4.69, 9.17) is 4.42 Å².